The maximum atomic E-state index is 12.4. The van der Waals surface area contributed by atoms with Gasteiger partial charge in [0.15, 0.2) is 5.78 Å². The summed E-state index contributed by atoms with van der Waals surface area (Å²) in [5.41, 5.74) is 2.86. The highest BCUT2D eigenvalue weighted by molar-refractivity contribution is 7.99. The van der Waals surface area contributed by atoms with Crippen molar-refractivity contribution in [3.05, 3.63) is 65.7 Å². The minimum atomic E-state index is 0.0725. The number of Topliss-reactive ketones (excluding diaryl/α,β-unsaturated/α-hetero) is 1. The van der Waals surface area contributed by atoms with Gasteiger partial charge in [-0.1, -0.05) is 68.1 Å². The number of hydrogen-bond donors (Lipinski definition) is 0. The zero-order valence-corrected chi connectivity index (χ0v) is 15.1. The van der Waals surface area contributed by atoms with Crippen LogP contribution in [0.15, 0.2) is 59.8 Å². The van der Waals surface area contributed by atoms with E-state index in [4.69, 9.17) is 0 Å². The maximum absolute atomic E-state index is 12.4. The number of rotatable bonds is 7. The molecule has 1 atom stereocenters. The molecule has 0 fully saturated rings. The molecule has 2 aromatic carbocycles. The third kappa shape index (κ3) is 4.14. The molecule has 0 aliphatic carbocycles. The Morgan fingerprint density at radius 1 is 1.12 bits per heavy atom. The first-order valence-corrected chi connectivity index (χ1v) is 9.27. The summed E-state index contributed by atoms with van der Waals surface area (Å²) in [6.45, 7) is 4.35. The molecule has 0 aliphatic rings. The molecule has 6 heteroatoms. The van der Waals surface area contributed by atoms with E-state index in [0.717, 1.165) is 17.7 Å². The predicted octanol–water partition coefficient (Wildman–Crippen LogP) is 4.15. The van der Waals surface area contributed by atoms with Crippen molar-refractivity contribution >= 4 is 17.5 Å². The number of ketones is 1. The van der Waals surface area contributed by atoms with Crippen molar-refractivity contribution in [3.63, 3.8) is 0 Å². The van der Waals surface area contributed by atoms with Crippen molar-refractivity contribution in [3.8, 4) is 5.69 Å². The SMILES string of the molecule is CC[C@@H](C)c1ccc(C(=O)CSc2nnnn2-c2ccccc2)cc1. The largest absolute Gasteiger partial charge is 0.293 e. The highest BCUT2D eigenvalue weighted by Gasteiger charge is 2.13. The molecule has 0 N–H and O–H groups in total. The van der Waals surface area contributed by atoms with Gasteiger partial charge in [0, 0.05) is 5.56 Å². The molecule has 3 rings (SSSR count). The van der Waals surface area contributed by atoms with Crippen LogP contribution in [0.25, 0.3) is 5.69 Å². The number of aromatic nitrogens is 4. The van der Waals surface area contributed by atoms with Gasteiger partial charge in [-0.3, -0.25) is 4.79 Å². The first kappa shape index (κ1) is 17.4. The molecule has 0 unspecified atom stereocenters. The fraction of sp³-hybridized carbons (Fsp3) is 0.263. The standard InChI is InChI=1S/C19H20N4OS/c1-3-14(2)15-9-11-16(12-10-15)18(24)13-25-19-20-21-22-23(19)17-7-5-4-6-8-17/h4-12,14H,3,13H2,1-2H3/t14-/m1/s1. The lowest BCUT2D eigenvalue weighted by atomic mass is 9.97. The number of carbonyl (C=O) groups is 1. The van der Waals surface area contributed by atoms with Crippen molar-refractivity contribution in [2.75, 3.05) is 5.75 Å². The van der Waals surface area contributed by atoms with E-state index in [9.17, 15) is 4.79 Å². The van der Waals surface area contributed by atoms with E-state index < -0.39 is 0 Å². The monoisotopic (exact) mass is 352 g/mol. The molecule has 0 saturated heterocycles. The first-order valence-electron chi connectivity index (χ1n) is 8.28. The van der Waals surface area contributed by atoms with Crippen LogP contribution in [-0.2, 0) is 0 Å². The van der Waals surface area contributed by atoms with Gasteiger partial charge in [-0.2, -0.15) is 4.68 Å². The van der Waals surface area contributed by atoms with Gasteiger partial charge in [-0.25, -0.2) is 0 Å². The second-order valence-electron chi connectivity index (χ2n) is 5.85. The molecule has 0 bridgehead atoms. The van der Waals surface area contributed by atoms with Gasteiger partial charge >= 0.3 is 0 Å². The molecular weight excluding hydrogens is 332 g/mol. The molecule has 0 amide bonds. The molecule has 5 nitrogen and oxygen atoms in total. The first-order chi connectivity index (χ1) is 12.2. The van der Waals surface area contributed by atoms with Crippen LogP contribution in [0.1, 0.15) is 42.1 Å². The quantitative estimate of drug-likeness (QED) is 0.472. The Balaban J connectivity index is 1.66. The lowest BCUT2D eigenvalue weighted by molar-refractivity contribution is 0.102. The summed E-state index contributed by atoms with van der Waals surface area (Å²) in [5.74, 6) is 0.882. The van der Waals surface area contributed by atoms with E-state index in [-0.39, 0.29) is 5.78 Å². The van der Waals surface area contributed by atoms with E-state index in [1.54, 1.807) is 4.68 Å². The zero-order valence-electron chi connectivity index (χ0n) is 14.3. The van der Waals surface area contributed by atoms with Gasteiger partial charge in [0.2, 0.25) is 5.16 Å². The minimum Gasteiger partial charge on any atom is -0.293 e. The Morgan fingerprint density at radius 3 is 2.52 bits per heavy atom. The normalized spacial score (nSPS) is 12.1. The second kappa shape index (κ2) is 8.07. The number of benzene rings is 2. The fourth-order valence-corrected chi connectivity index (χ4v) is 3.23. The van der Waals surface area contributed by atoms with Crippen LogP contribution in [-0.4, -0.2) is 31.7 Å². The lowest BCUT2D eigenvalue weighted by Crippen LogP contribution is -2.05. The third-order valence-corrected chi connectivity index (χ3v) is 5.11. The smallest absolute Gasteiger partial charge is 0.214 e. The Kier molecular flexibility index (Phi) is 5.60. The van der Waals surface area contributed by atoms with Gasteiger partial charge < -0.3 is 0 Å². The summed E-state index contributed by atoms with van der Waals surface area (Å²) in [4.78, 5) is 12.4. The molecule has 25 heavy (non-hydrogen) atoms. The molecule has 128 valence electrons. The zero-order chi connectivity index (χ0) is 17.6. The van der Waals surface area contributed by atoms with Gasteiger partial charge in [0.05, 0.1) is 11.4 Å². The molecular formula is C19H20N4OS. The van der Waals surface area contributed by atoms with E-state index in [1.165, 1.54) is 17.3 Å². The van der Waals surface area contributed by atoms with Crippen molar-refractivity contribution < 1.29 is 4.79 Å². The highest BCUT2D eigenvalue weighted by atomic mass is 32.2. The van der Waals surface area contributed by atoms with Crippen LogP contribution in [0.5, 0.6) is 0 Å². The molecule has 0 spiro atoms. The summed E-state index contributed by atoms with van der Waals surface area (Å²) in [6.07, 6.45) is 1.09. The number of thioether (sulfide) groups is 1. The molecule has 3 aromatic rings. The third-order valence-electron chi connectivity index (χ3n) is 4.19. The number of hydrogen-bond acceptors (Lipinski definition) is 5. The summed E-state index contributed by atoms with van der Waals surface area (Å²) in [6, 6.07) is 17.5. The van der Waals surface area contributed by atoms with Crippen LogP contribution < -0.4 is 0 Å². The van der Waals surface area contributed by atoms with Gasteiger partial charge in [0.25, 0.3) is 0 Å². The average Bonchev–Trinajstić information content (AvgIpc) is 3.15. The molecule has 0 aliphatic heterocycles. The second-order valence-corrected chi connectivity index (χ2v) is 6.79. The van der Waals surface area contributed by atoms with E-state index in [2.05, 4.69) is 29.4 Å². The van der Waals surface area contributed by atoms with Crippen LogP contribution in [0, 0.1) is 0 Å². The van der Waals surface area contributed by atoms with Crippen LogP contribution in [0.4, 0.5) is 0 Å². The molecule has 0 saturated carbocycles. The van der Waals surface area contributed by atoms with Gasteiger partial charge in [-0.05, 0) is 40.5 Å². The minimum absolute atomic E-state index is 0.0725. The van der Waals surface area contributed by atoms with E-state index >= 15 is 0 Å². The Labute approximate surface area is 151 Å². The van der Waals surface area contributed by atoms with E-state index in [0.29, 0.717) is 16.8 Å². The van der Waals surface area contributed by atoms with Crippen LogP contribution in [0.3, 0.4) is 0 Å². The number of para-hydroxylation sites is 1. The summed E-state index contributed by atoms with van der Waals surface area (Å²) >= 11 is 1.34. The van der Waals surface area contributed by atoms with Gasteiger partial charge in [0.1, 0.15) is 0 Å². The van der Waals surface area contributed by atoms with E-state index in [1.807, 2.05) is 54.6 Å². The predicted molar refractivity (Wildman–Crippen MR) is 99.4 cm³/mol. The van der Waals surface area contributed by atoms with Crippen molar-refractivity contribution in [2.24, 2.45) is 0 Å². The molecule has 1 heterocycles. The van der Waals surface area contributed by atoms with Crippen LogP contribution >= 0.6 is 11.8 Å². The molecule has 1 aromatic heterocycles. The number of nitrogens with zero attached hydrogens (tertiary/aromatic N) is 4. The highest BCUT2D eigenvalue weighted by Crippen LogP contribution is 2.21. The number of tetrazole rings is 1. The van der Waals surface area contributed by atoms with Crippen molar-refractivity contribution in [1.82, 2.24) is 20.2 Å². The Hall–Kier alpha value is -2.47. The Bertz CT molecular complexity index is 830. The average molecular weight is 352 g/mol. The summed E-state index contributed by atoms with van der Waals surface area (Å²) < 4.78 is 1.64. The topological polar surface area (TPSA) is 60.7 Å². The summed E-state index contributed by atoms with van der Waals surface area (Å²) in [5, 5.41) is 12.3. The Morgan fingerprint density at radius 2 is 1.84 bits per heavy atom. The summed E-state index contributed by atoms with van der Waals surface area (Å²) in [7, 11) is 0. The lowest BCUT2D eigenvalue weighted by Gasteiger charge is -2.09. The van der Waals surface area contributed by atoms with Crippen molar-refractivity contribution in [2.45, 2.75) is 31.3 Å². The maximum Gasteiger partial charge on any atom is 0.214 e. The van der Waals surface area contributed by atoms with Gasteiger partial charge in [-0.15, -0.1) is 5.10 Å². The van der Waals surface area contributed by atoms with Crippen molar-refractivity contribution in [1.29, 1.82) is 0 Å². The van der Waals surface area contributed by atoms with Crippen LogP contribution in [0.2, 0.25) is 0 Å². The molecule has 0 radical (unpaired) electrons. The number of carbonyl (C=O) groups excluding carboxylic acids is 1. The fourth-order valence-electron chi connectivity index (χ4n) is 2.45.